The Morgan fingerprint density at radius 2 is 1.19 bits per heavy atom. The number of rotatable bonds is 9. The summed E-state index contributed by atoms with van der Waals surface area (Å²) in [5.74, 6) is -0.125. The Morgan fingerprint density at radius 1 is 0.712 bits per heavy atom. The Bertz CT molecular complexity index is 2450. The van der Waals surface area contributed by atoms with Crippen LogP contribution in [0.5, 0.6) is 17.2 Å². The van der Waals surface area contributed by atoms with Crippen molar-refractivity contribution in [3.8, 4) is 45.6 Å². The number of aryl methyl sites for hydroxylation is 2. The molecule has 0 aliphatic rings. The summed E-state index contributed by atoms with van der Waals surface area (Å²) in [5, 5.41) is 9.68. The van der Waals surface area contributed by atoms with Crippen molar-refractivity contribution in [1.82, 2.24) is 8.75 Å². The second kappa shape index (κ2) is 15.3. The number of nitriles is 1. The molecule has 0 unspecified atom stereocenters. The standard InChI is InChI=1S/C42H30N4O5S/c1-25-6-18-33(19-7-25)50-41(47)32(24-43)22-28-10-14-30(15-11-28)36-27(3)40(49-5)37(39-38(36)45-52-46-39)31-16-12-29(13-17-31)23-35(44-4)42(48)51-34-20-8-26(2)9-21-34/h6-23H,1-3,5H3/b32-22+,35-23-. The van der Waals surface area contributed by atoms with E-state index in [1.54, 1.807) is 31.4 Å². The minimum Gasteiger partial charge on any atom is -0.496 e. The second-order valence-electron chi connectivity index (χ2n) is 11.8. The molecule has 10 heteroatoms. The summed E-state index contributed by atoms with van der Waals surface area (Å²) >= 11 is 1.09. The number of fused-ring (bicyclic) bond motifs is 1. The van der Waals surface area contributed by atoms with Gasteiger partial charge in [0.2, 0.25) is 0 Å². The molecule has 0 atom stereocenters. The molecular weight excluding hydrogens is 673 g/mol. The normalized spacial score (nSPS) is 11.4. The molecule has 6 rings (SSSR count). The summed E-state index contributed by atoms with van der Waals surface area (Å²) in [6, 6.07) is 30.8. The Labute approximate surface area is 304 Å². The number of ether oxygens (including phenoxy) is 3. The minimum absolute atomic E-state index is 0.129. The smallest absolute Gasteiger partial charge is 0.354 e. The maximum atomic E-state index is 12.7. The molecule has 0 fully saturated rings. The fourth-order valence-corrected chi connectivity index (χ4v) is 6.16. The van der Waals surface area contributed by atoms with E-state index in [1.807, 2.05) is 99.6 Å². The number of carbonyl (C=O) groups excluding carboxylic acids is 2. The summed E-state index contributed by atoms with van der Waals surface area (Å²) < 4.78 is 26.1. The molecule has 6 aromatic rings. The largest absolute Gasteiger partial charge is 0.496 e. The Hall–Kier alpha value is -6.88. The van der Waals surface area contributed by atoms with Gasteiger partial charge in [0, 0.05) is 11.1 Å². The quantitative estimate of drug-likeness (QED) is 0.0481. The van der Waals surface area contributed by atoms with Gasteiger partial charge in [-0.3, -0.25) is 4.79 Å². The van der Waals surface area contributed by atoms with E-state index in [0.717, 1.165) is 50.7 Å². The van der Waals surface area contributed by atoms with E-state index in [2.05, 4.69) is 13.6 Å². The van der Waals surface area contributed by atoms with E-state index in [-0.39, 0.29) is 11.3 Å². The third-order valence-electron chi connectivity index (χ3n) is 8.26. The van der Waals surface area contributed by atoms with E-state index in [4.69, 9.17) is 20.8 Å². The Kier molecular flexibility index (Phi) is 10.3. The molecule has 0 saturated heterocycles. The maximum absolute atomic E-state index is 12.7. The van der Waals surface area contributed by atoms with Crippen LogP contribution >= 0.6 is 11.7 Å². The predicted molar refractivity (Wildman–Crippen MR) is 201 cm³/mol. The topological polar surface area (TPSA) is 116 Å². The van der Waals surface area contributed by atoms with Crippen molar-refractivity contribution in [3.05, 3.63) is 148 Å². The van der Waals surface area contributed by atoms with Crippen LogP contribution in [0, 0.1) is 38.7 Å². The highest BCUT2D eigenvalue weighted by atomic mass is 32.1. The highest BCUT2D eigenvalue weighted by Gasteiger charge is 2.23. The molecule has 0 aliphatic heterocycles. The van der Waals surface area contributed by atoms with Crippen molar-refractivity contribution in [3.63, 3.8) is 0 Å². The molecule has 5 aromatic carbocycles. The summed E-state index contributed by atoms with van der Waals surface area (Å²) in [4.78, 5) is 28.8. The number of nitrogens with zero attached hydrogens (tertiary/aromatic N) is 4. The molecule has 0 radical (unpaired) electrons. The number of carbonyl (C=O) groups is 2. The van der Waals surface area contributed by atoms with Gasteiger partial charge in [0.15, 0.2) is 0 Å². The van der Waals surface area contributed by atoms with Crippen LogP contribution in [-0.4, -0.2) is 27.8 Å². The zero-order valence-corrected chi connectivity index (χ0v) is 29.4. The van der Waals surface area contributed by atoms with E-state index >= 15 is 0 Å². The first-order valence-electron chi connectivity index (χ1n) is 16.0. The number of benzene rings is 5. The lowest BCUT2D eigenvalue weighted by atomic mass is 9.91. The molecule has 1 aromatic heterocycles. The summed E-state index contributed by atoms with van der Waals surface area (Å²) in [6.45, 7) is 13.4. The van der Waals surface area contributed by atoms with Gasteiger partial charge in [-0.05, 0) is 79.4 Å². The van der Waals surface area contributed by atoms with Gasteiger partial charge in [-0.2, -0.15) is 14.0 Å². The SMILES string of the molecule is [C-]#[N+]/C(=C\c1ccc(-c2c(OC)c(C)c(-c3ccc(/C=C(\C#N)C(=O)Oc4ccc(C)cc4)cc3)c3nsnc23)cc1)C(=O)Oc1ccc(C)cc1. The van der Waals surface area contributed by atoms with Crippen molar-refractivity contribution in [1.29, 1.82) is 5.26 Å². The molecule has 0 spiro atoms. The van der Waals surface area contributed by atoms with Crippen molar-refractivity contribution in [2.24, 2.45) is 0 Å². The van der Waals surface area contributed by atoms with Crippen LogP contribution < -0.4 is 14.2 Å². The van der Waals surface area contributed by atoms with Crippen molar-refractivity contribution < 1.29 is 23.8 Å². The highest BCUT2D eigenvalue weighted by Crippen LogP contribution is 2.45. The van der Waals surface area contributed by atoms with Crippen molar-refractivity contribution >= 4 is 46.9 Å². The van der Waals surface area contributed by atoms with E-state index in [1.165, 1.54) is 12.2 Å². The summed E-state index contributed by atoms with van der Waals surface area (Å²) in [7, 11) is 1.60. The number of hydrogen-bond donors (Lipinski definition) is 0. The lowest BCUT2D eigenvalue weighted by Crippen LogP contribution is -2.10. The molecule has 1 heterocycles. The highest BCUT2D eigenvalue weighted by molar-refractivity contribution is 7.00. The van der Waals surface area contributed by atoms with Crippen LogP contribution in [0.1, 0.15) is 27.8 Å². The molecule has 254 valence electrons. The number of aromatic nitrogens is 2. The van der Waals surface area contributed by atoms with Gasteiger partial charge in [-0.15, -0.1) is 0 Å². The van der Waals surface area contributed by atoms with Gasteiger partial charge in [-0.1, -0.05) is 83.9 Å². The monoisotopic (exact) mass is 702 g/mol. The molecule has 52 heavy (non-hydrogen) atoms. The molecule has 0 N–H and O–H groups in total. The molecule has 0 saturated carbocycles. The number of methoxy groups -OCH3 is 1. The van der Waals surface area contributed by atoms with Crippen LogP contribution in [0.15, 0.2) is 108 Å². The maximum Gasteiger partial charge on any atom is 0.354 e. The zero-order valence-electron chi connectivity index (χ0n) is 28.6. The third kappa shape index (κ3) is 7.48. The lowest BCUT2D eigenvalue weighted by molar-refractivity contribution is -0.130. The lowest BCUT2D eigenvalue weighted by Gasteiger charge is -2.17. The van der Waals surface area contributed by atoms with Gasteiger partial charge in [0.1, 0.15) is 39.9 Å². The van der Waals surface area contributed by atoms with Crippen LogP contribution in [0.25, 0.3) is 50.3 Å². The second-order valence-corrected chi connectivity index (χ2v) is 12.4. The fourth-order valence-electron chi connectivity index (χ4n) is 5.60. The van der Waals surface area contributed by atoms with Crippen molar-refractivity contribution in [2.45, 2.75) is 20.8 Å². The summed E-state index contributed by atoms with van der Waals surface area (Å²) in [6.07, 6.45) is 2.98. The first-order chi connectivity index (χ1) is 25.2. The Morgan fingerprint density at radius 3 is 1.69 bits per heavy atom. The molecule has 0 bridgehead atoms. The predicted octanol–water partition coefficient (Wildman–Crippen LogP) is 9.34. The van der Waals surface area contributed by atoms with Crippen LogP contribution in [0.2, 0.25) is 0 Å². The van der Waals surface area contributed by atoms with E-state index in [0.29, 0.717) is 39.4 Å². The summed E-state index contributed by atoms with van der Waals surface area (Å²) in [5.41, 5.74) is 8.54. The number of esters is 2. The fraction of sp³-hybridized carbons (Fsp3) is 0.0952. The van der Waals surface area contributed by atoms with Crippen LogP contribution in [-0.2, 0) is 9.59 Å². The van der Waals surface area contributed by atoms with E-state index < -0.39 is 11.9 Å². The minimum atomic E-state index is -0.738. The van der Waals surface area contributed by atoms with Gasteiger partial charge < -0.3 is 14.2 Å². The Balaban J connectivity index is 1.28. The van der Waals surface area contributed by atoms with Gasteiger partial charge in [-0.25, -0.2) is 9.64 Å². The third-order valence-corrected chi connectivity index (χ3v) is 8.78. The zero-order chi connectivity index (χ0) is 36.8. The van der Waals surface area contributed by atoms with Gasteiger partial charge >= 0.3 is 11.9 Å². The number of hydrogen-bond acceptors (Lipinski definition) is 9. The average Bonchev–Trinajstić information content (AvgIpc) is 3.64. The molecular formula is C42H30N4O5S. The first kappa shape index (κ1) is 35.0. The van der Waals surface area contributed by atoms with Gasteiger partial charge in [0.25, 0.3) is 5.70 Å². The van der Waals surface area contributed by atoms with E-state index in [9.17, 15) is 14.9 Å². The van der Waals surface area contributed by atoms with Crippen LogP contribution in [0.4, 0.5) is 0 Å². The average molecular weight is 703 g/mol. The van der Waals surface area contributed by atoms with Gasteiger partial charge in [0.05, 0.1) is 31.0 Å². The first-order valence-corrected chi connectivity index (χ1v) is 16.7. The molecule has 0 amide bonds. The van der Waals surface area contributed by atoms with Crippen molar-refractivity contribution in [2.75, 3.05) is 7.11 Å². The molecule has 0 aliphatic carbocycles. The molecule has 9 nitrogen and oxygen atoms in total. The van der Waals surface area contributed by atoms with Crippen LogP contribution in [0.3, 0.4) is 0 Å².